The summed E-state index contributed by atoms with van der Waals surface area (Å²) in [5, 5.41) is 4.32. The first-order chi connectivity index (χ1) is 12.9. The van der Waals surface area contributed by atoms with Gasteiger partial charge in [-0.25, -0.2) is 0 Å². The molecule has 6 heteroatoms. The highest BCUT2D eigenvalue weighted by Crippen LogP contribution is 2.47. The predicted molar refractivity (Wildman–Crippen MR) is 110 cm³/mol. The lowest BCUT2D eigenvalue weighted by Gasteiger charge is -2.16. The molecule has 4 nitrogen and oxygen atoms in total. The van der Waals surface area contributed by atoms with E-state index >= 15 is 0 Å². The van der Waals surface area contributed by atoms with Crippen molar-refractivity contribution in [1.29, 1.82) is 0 Å². The number of hydrogen-bond acceptors (Lipinski definition) is 6. The Balaban J connectivity index is 1.58. The Bertz CT molecular complexity index is 1100. The van der Waals surface area contributed by atoms with Gasteiger partial charge in [0.15, 0.2) is 0 Å². The van der Waals surface area contributed by atoms with Crippen LogP contribution in [0.4, 0.5) is 0 Å². The molecule has 0 radical (unpaired) electrons. The average molecular weight is 372 g/mol. The monoisotopic (exact) mass is 372 g/mol. The third kappa shape index (κ3) is 2.67. The first-order valence-electron chi connectivity index (χ1n) is 8.04. The minimum Gasteiger partial charge on any atom is -0.253 e. The summed E-state index contributed by atoms with van der Waals surface area (Å²) in [6, 6.07) is 12.2. The predicted octanol–water partition coefficient (Wildman–Crippen LogP) is 5.35. The summed E-state index contributed by atoms with van der Waals surface area (Å²) in [6.07, 6.45) is 6.93. The maximum Gasteiger partial charge on any atom is 0.0970 e. The number of para-hydroxylation sites is 2. The molecule has 2 aromatic carbocycles. The van der Waals surface area contributed by atoms with Gasteiger partial charge in [-0.05, 0) is 22.9 Å². The van der Waals surface area contributed by atoms with Crippen LogP contribution in [0.2, 0.25) is 0 Å². The van der Waals surface area contributed by atoms with E-state index in [1.165, 1.54) is 9.81 Å². The van der Waals surface area contributed by atoms with Crippen molar-refractivity contribution < 1.29 is 0 Å². The summed E-state index contributed by atoms with van der Waals surface area (Å²) in [5.74, 6) is 0. The molecule has 26 heavy (non-hydrogen) atoms. The van der Waals surface area contributed by atoms with Crippen LogP contribution in [0.5, 0.6) is 0 Å². The normalized spacial score (nSPS) is 14.3. The van der Waals surface area contributed by atoms with E-state index in [2.05, 4.69) is 42.9 Å². The van der Waals surface area contributed by atoms with Crippen molar-refractivity contribution in [1.82, 2.24) is 19.9 Å². The third-order valence-electron chi connectivity index (χ3n) is 4.10. The Labute approximate surface area is 158 Å². The second-order valence-corrected chi connectivity index (χ2v) is 7.49. The van der Waals surface area contributed by atoms with Crippen molar-refractivity contribution in [2.75, 3.05) is 0 Å². The Morgan fingerprint density at radius 2 is 1.08 bits per heavy atom. The lowest BCUT2D eigenvalue weighted by Crippen LogP contribution is -1.93. The van der Waals surface area contributed by atoms with Crippen LogP contribution in [-0.4, -0.2) is 19.9 Å². The molecule has 1 aliphatic rings. The van der Waals surface area contributed by atoms with E-state index in [1.54, 1.807) is 48.3 Å². The smallest absolute Gasteiger partial charge is 0.0970 e. The summed E-state index contributed by atoms with van der Waals surface area (Å²) in [7, 11) is 0. The van der Waals surface area contributed by atoms with Crippen LogP contribution in [0.3, 0.4) is 0 Å². The summed E-state index contributed by atoms with van der Waals surface area (Å²) in [6.45, 7) is 0. The van der Waals surface area contributed by atoms with Gasteiger partial charge in [-0.2, -0.15) is 0 Å². The van der Waals surface area contributed by atoms with Gasteiger partial charge >= 0.3 is 0 Å². The van der Waals surface area contributed by atoms with Gasteiger partial charge in [-0.1, -0.05) is 36.0 Å². The quantitative estimate of drug-likeness (QED) is 0.473. The van der Waals surface area contributed by atoms with Crippen molar-refractivity contribution in [3.8, 4) is 0 Å². The van der Waals surface area contributed by atoms with Crippen LogP contribution < -0.4 is 0 Å². The van der Waals surface area contributed by atoms with Crippen LogP contribution in [0.15, 0.2) is 72.0 Å². The van der Waals surface area contributed by atoms with Crippen molar-refractivity contribution in [2.45, 2.75) is 0 Å². The molecule has 1 aliphatic heterocycles. The molecule has 2 aromatic heterocycles. The minimum absolute atomic E-state index is 0.906. The average Bonchev–Trinajstić information content (AvgIpc) is 2.73. The lowest BCUT2D eigenvalue weighted by atomic mass is 10.1. The van der Waals surface area contributed by atoms with Crippen LogP contribution in [0.1, 0.15) is 11.1 Å². The van der Waals surface area contributed by atoms with E-state index in [9.17, 15) is 0 Å². The minimum atomic E-state index is 0.906. The van der Waals surface area contributed by atoms with Gasteiger partial charge in [-0.15, -0.1) is 11.8 Å². The first kappa shape index (κ1) is 15.5. The fourth-order valence-corrected chi connectivity index (χ4v) is 5.02. The molecule has 5 rings (SSSR count). The Kier molecular flexibility index (Phi) is 3.92. The van der Waals surface area contributed by atoms with E-state index in [0.29, 0.717) is 0 Å². The Morgan fingerprint density at radius 1 is 0.577 bits per heavy atom. The number of thioether (sulfide) groups is 2. The zero-order chi connectivity index (χ0) is 17.3. The van der Waals surface area contributed by atoms with E-state index in [-0.39, 0.29) is 0 Å². The molecule has 0 saturated heterocycles. The number of fused-ring (bicyclic) bond motifs is 2. The number of rotatable bonds is 2. The molecule has 0 amide bonds. The number of aromatic nitrogens is 4. The number of nitrogens with zero attached hydrogens (tertiary/aromatic N) is 4. The first-order valence-corrected chi connectivity index (χ1v) is 9.80. The third-order valence-corrected chi connectivity index (χ3v) is 6.26. The second kappa shape index (κ2) is 6.55. The molecule has 0 atom stereocenters. The molecule has 0 bridgehead atoms. The zero-order valence-electron chi connectivity index (χ0n) is 13.5. The standard InChI is InChI=1S/C20H12N4S2/c1-3-13(19-15(5-1)21-7-9-23-19)17-11-25-12-18(26-17)14-4-2-6-16-20(14)24-10-8-22-16/h1-12H. The van der Waals surface area contributed by atoms with Crippen molar-refractivity contribution in [2.24, 2.45) is 0 Å². The van der Waals surface area contributed by atoms with Crippen LogP contribution in [-0.2, 0) is 0 Å². The van der Waals surface area contributed by atoms with Gasteiger partial charge in [-0.3, -0.25) is 19.9 Å². The summed E-state index contributed by atoms with van der Waals surface area (Å²) in [5.41, 5.74) is 5.86. The number of benzene rings is 2. The van der Waals surface area contributed by atoms with Crippen molar-refractivity contribution >= 4 is 55.4 Å². The molecule has 3 heterocycles. The lowest BCUT2D eigenvalue weighted by molar-refractivity contribution is 1.29. The molecule has 124 valence electrons. The highest BCUT2D eigenvalue weighted by atomic mass is 32.2. The van der Waals surface area contributed by atoms with Crippen molar-refractivity contribution in [3.63, 3.8) is 0 Å². The molecule has 0 unspecified atom stereocenters. The van der Waals surface area contributed by atoms with Crippen LogP contribution >= 0.6 is 23.5 Å². The Hall–Kier alpha value is -2.70. The SMILES string of the molecule is C1=C(c2cccc3nccnc23)SC(c2cccc3nccnc23)=CS1. The van der Waals surface area contributed by atoms with Gasteiger partial charge < -0.3 is 0 Å². The molecular formula is C20H12N4S2. The summed E-state index contributed by atoms with van der Waals surface area (Å²) in [4.78, 5) is 20.2. The summed E-state index contributed by atoms with van der Waals surface area (Å²) >= 11 is 3.41. The van der Waals surface area contributed by atoms with Gasteiger partial charge in [0.2, 0.25) is 0 Å². The largest absolute Gasteiger partial charge is 0.253 e. The maximum absolute atomic E-state index is 4.54. The fraction of sp³-hybridized carbons (Fsp3) is 0. The van der Waals surface area contributed by atoms with E-state index in [4.69, 9.17) is 0 Å². The Morgan fingerprint density at radius 3 is 1.62 bits per heavy atom. The molecule has 0 fully saturated rings. The summed E-state index contributed by atoms with van der Waals surface area (Å²) < 4.78 is 0. The fourth-order valence-electron chi connectivity index (χ4n) is 2.94. The molecule has 0 N–H and O–H groups in total. The molecular weight excluding hydrogens is 360 g/mol. The highest BCUT2D eigenvalue weighted by Gasteiger charge is 2.17. The molecule has 0 saturated carbocycles. The highest BCUT2D eigenvalue weighted by molar-refractivity contribution is 8.20. The van der Waals surface area contributed by atoms with Gasteiger partial charge in [0.1, 0.15) is 0 Å². The number of hydrogen-bond donors (Lipinski definition) is 0. The molecule has 4 aromatic rings. The van der Waals surface area contributed by atoms with Crippen LogP contribution in [0, 0.1) is 0 Å². The van der Waals surface area contributed by atoms with Gasteiger partial charge in [0, 0.05) is 45.7 Å². The van der Waals surface area contributed by atoms with Gasteiger partial charge in [0.05, 0.1) is 22.1 Å². The van der Waals surface area contributed by atoms with Crippen LogP contribution in [0.25, 0.3) is 31.9 Å². The zero-order valence-corrected chi connectivity index (χ0v) is 15.2. The second-order valence-electron chi connectivity index (χ2n) is 5.66. The van der Waals surface area contributed by atoms with Gasteiger partial charge in [0.25, 0.3) is 0 Å². The van der Waals surface area contributed by atoms with E-state index in [0.717, 1.165) is 33.2 Å². The topological polar surface area (TPSA) is 51.6 Å². The van der Waals surface area contributed by atoms with E-state index in [1.807, 2.05) is 24.3 Å². The molecule has 0 aliphatic carbocycles. The van der Waals surface area contributed by atoms with Crippen molar-refractivity contribution in [3.05, 3.63) is 83.1 Å². The molecule has 0 spiro atoms. The van der Waals surface area contributed by atoms with E-state index < -0.39 is 0 Å². The maximum atomic E-state index is 4.54.